The minimum atomic E-state index is 0.264. The molecule has 0 amide bonds. The second kappa shape index (κ2) is 3.72. The van der Waals surface area contributed by atoms with Crippen LogP contribution in [-0.4, -0.2) is 28.9 Å². The Labute approximate surface area is 92.9 Å². The highest BCUT2D eigenvalue weighted by Crippen LogP contribution is 2.27. The Hall–Kier alpha value is -1.68. The van der Waals surface area contributed by atoms with E-state index >= 15 is 0 Å². The highest BCUT2D eigenvalue weighted by Gasteiger charge is 2.24. The van der Waals surface area contributed by atoms with Gasteiger partial charge in [0.1, 0.15) is 11.3 Å². The first kappa shape index (κ1) is 9.54. The number of rotatable bonds is 2. The Balaban J connectivity index is 2.19. The molecule has 0 N–H and O–H groups in total. The van der Waals surface area contributed by atoms with Crippen molar-refractivity contribution in [3.63, 3.8) is 0 Å². The zero-order valence-electron chi connectivity index (χ0n) is 8.80. The van der Waals surface area contributed by atoms with E-state index in [1.165, 1.54) is 0 Å². The smallest absolute Gasteiger partial charge is 0.168 e. The summed E-state index contributed by atoms with van der Waals surface area (Å²) < 4.78 is 7.18. The van der Waals surface area contributed by atoms with E-state index in [4.69, 9.17) is 4.74 Å². The monoisotopic (exact) mass is 216 g/mol. The number of pyridine rings is 1. The zero-order valence-corrected chi connectivity index (χ0v) is 8.80. The van der Waals surface area contributed by atoms with Crippen molar-refractivity contribution < 1.29 is 9.53 Å². The summed E-state index contributed by atoms with van der Waals surface area (Å²) in [6.07, 6.45) is 3.70. The van der Waals surface area contributed by atoms with Gasteiger partial charge in [-0.3, -0.25) is 9.20 Å². The van der Waals surface area contributed by atoms with E-state index in [-0.39, 0.29) is 5.92 Å². The van der Waals surface area contributed by atoms with E-state index in [0.29, 0.717) is 12.3 Å². The van der Waals surface area contributed by atoms with Gasteiger partial charge in [-0.15, -0.1) is 0 Å². The second-order valence-corrected chi connectivity index (χ2v) is 3.99. The molecule has 2 aromatic heterocycles. The number of fused-ring (bicyclic) bond motifs is 1. The number of hydrogen-bond donors (Lipinski definition) is 0. The van der Waals surface area contributed by atoms with Gasteiger partial charge in [-0.2, -0.15) is 0 Å². The molecule has 0 aromatic carbocycles. The average molecular weight is 216 g/mol. The lowest BCUT2D eigenvalue weighted by atomic mass is 10.0. The third-order valence-corrected chi connectivity index (χ3v) is 3.02. The van der Waals surface area contributed by atoms with Crippen LogP contribution in [0.1, 0.15) is 28.5 Å². The van der Waals surface area contributed by atoms with Crippen LogP contribution in [0.3, 0.4) is 0 Å². The van der Waals surface area contributed by atoms with Gasteiger partial charge in [0.05, 0.1) is 12.3 Å². The van der Waals surface area contributed by atoms with Crippen molar-refractivity contribution in [2.75, 3.05) is 13.2 Å². The normalized spacial score (nSPS) is 20.4. The Morgan fingerprint density at radius 2 is 2.44 bits per heavy atom. The van der Waals surface area contributed by atoms with Gasteiger partial charge in [-0.1, -0.05) is 6.07 Å². The zero-order chi connectivity index (χ0) is 11.0. The predicted molar refractivity (Wildman–Crippen MR) is 58.8 cm³/mol. The molecule has 3 rings (SSSR count). The summed E-state index contributed by atoms with van der Waals surface area (Å²) in [5, 5.41) is 0. The van der Waals surface area contributed by atoms with Gasteiger partial charge in [-0.05, 0) is 18.6 Å². The Kier molecular flexibility index (Phi) is 2.22. The predicted octanol–water partition coefficient (Wildman–Crippen LogP) is 1.65. The summed E-state index contributed by atoms with van der Waals surface area (Å²) in [6, 6.07) is 5.73. The number of aromatic nitrogens is 2. The van der Waals surface area contributed by atoms with Crippen LogP contribution in [0.15, 0.2) is 24.4 Å². The molecule has 1 fully saturated rings. The highest BCUT2D eigenvalue weighted by atomic mass is 16.5. The van der Waals surface area contributed by atoms with Crippen LogP contribution in [0.5, 0.6) is 0 Å². The van der Waals surface area contributed by atoms with Crippen LogP contribution in [-0.2, 0) is 4.74 Å². The van der Waals surface area contributed by atoms with Crippen molar-refractivity contribution in [1.82, 2.24) is 9.38 Å². The maximum Gasteiger partial charge on any atom is 0.168 e. The number of nitrogens with zero attached hydrogens (tertiary/aromatic N) is 2. The van der Waals surface area contributed by atoms with Crippen LogP contribution in [0.25, 0.3) is 5.65 Å². The lowest BCUT2D eigenvalue weighted by molar-refractivity contribution is 0.111. The molecule has 0 radical (unpaired) electrons. The van der Waals surface area contributed by atoms with Crippen LogP contribution < -0.4 is 0 Å². The number of aldehydes is 1. The van der Waals surface area contributed by atoms with Gasteiger partial charge in [0.25, 0.3) is 0 Å². The molecular weight excluding hydrogens is 204 g/mol. The molecule has 1 atom stereocenters. The molecule has 0 aliphatic carbocycles. The molecule has 2 aromatic rings. The molecule has 1 aliphatic heterocycles. The molecule has 0 saturated carbocycles. The fourth-order valence-corrected chi connectivity index (χ4v) is 2.20. The van der Waals surface area contributed by atoms with Crippen LogP contribution in [0.2, 0.25) is 0 Å². The SMILES string of the molecule is O=Cc1c(C2CCOC2)nc2ccccn12. The molecule has 1 saturated heterocycles. The van der Waals surface area contributed by atoms with Crippen molar-refractivity contribution in [2.24, 2.45) is 0 Å². The summed E-state index contributed by atoms with van der Waals surface area (Å²) in [5.41, 5.74) is 2.36. The fourth-order valence-electron chi connectivity index (χ4n) is 2.20. The lowest BCUT2D eigenvalue weighted by Gasteiger charge is -2.03. The first-order chi connectivity index (χ1) is 7.90. The van der Waals surface area contributed by atoms with Crippen molar-refractivity contribution in [2.45, 2.75) is 12.3 Å². The van der Waals surface area contributed by atoms with Crippen LogP contribution in [0.4, 0.5) is 0 Å². The van der Waals surface area contributed by atoms with Gasteiger partial charge in [0.15, 0.2) is 6.29 Å². The standard InChI is InChI=1S/C12H12N2O2/c15-7-10-12(9-4-6-16-8-9)13-11-3-1-2-5-14(10)11/h1-3,5,7,9H,4,6,8H2. The molecule has 1 unspecified atom stereocenters. The van der Waals surface area contributed by atoms with Gasteiger partial charge < -0.3 is 4.74 Å². The van der Waals surface area contributed by atoms with E-state index < -0.39 is 0 Å². The van der Waals surface area contributed by atoms with E-state index in [1.807, 2.05) is 28.8 Å². The maximum atomic E-state index is 11.2. The van der Waals surface area contributed by atoms with Crippen molar-refractivity contribution in [1.29, 1.82) is 0 Å². The van der Waals surface area contributed by atoms with Gasteiger partial charge in [-0.25, -0.2) is 4.98 Å². The van der Waals surface area contributed by atoms with Crippen LogP contribution in [0, 0.1) is 0 Å². The molecule has 0 spiro atoms. The van der Waals surface area contributed by atoms with Gasteiger partial charge >= 0.3 is 0 Å². The van der Waals surface area contributed by atoms with E-state index in [9.17, 15) is 4.79 Å². The second-order valence-electron chi connectivity index (χ2n) is 3.99. The molecule has 16 heavy (non-hydrogen) atoms. The Bertz CT molecular complexity index is 527. The third-order valence-electron chi connectivity index (χ3n) is 3.02. The highest BCUT2D eigenvalue weighted by molar-refractivity contribution is 5.76. The maximum absolute atomic E-state index is 11.2. The number of imidazole rings is 1. The number of ether oxygens (including phenoxy) is 1. The van der Waals surface area contributed by atoms with Crippen LogP contribution >= 0.6 is 0 Å². The van der Waals surface area contributed by atoms with E-state index in [1.54, 1.807) is 0 Å². The average Bonchev–Trinajstić information content (AvgIpc) is 2.95. The first-order valence-electron chi connectivity index (χ1n) is 5.40. The lowest BCUT2D eigenvalue weighted by Crippen LogP contribution is -2.02. The summed E-state index contributed by atoms with van der Waals surface area (Å²) >= 11 is 0. The van der Waals surface area contributed by atoms with Crippen molar-refractivity contribution in [3.8, 4) is 0 Å². The number of hydrogen-bond acceptors (Lipinski definition) is 3. The van der Waals surface area contributed by atoms with E-state index in [0.717, 1.165) is 30.7 Å². The number of carbonyl (C=O) groups excluding carboxylic acids is 1. The summed E-state index contributed by atoms with van der Waals surface area (Å²) in [4.78, 5) is 15.7. The summed E-state index contributed by atoms with van der Waals surface area (Å²) in [5.74, 6) is 0.264. The quantitative estimate of drug-likeness (QED) is 0.717. The Morgan fingerprint density at radius 3 is 3.19 bits per heavy atom. The summed E-state index contributed by atoms with van der Waals surface area (Å²) in [6.45, 7) is 1.43. The van der Waals surface area contributed by atoms with E-state index in [2.05, 4.69) is 4.98 Å². The molecule has 3 heterocycles. The van der Waals surface area contributed by atoms with Gasteiger partial charge in [0.2, 0.25) is 0 Å². The largest absolute Gasteiger partial charge is 0.381 e. The van der Waals surface area contributed by atoms with Gasteiger partial charge in [0, 0.05) is 18.7 Å². The minimum Gasteiger partial charge on any atom is -0.381 e. The molecular formula is C12H12N2O2. The first-order valence-corrected chi connectivity index (χ1v) is 5.40. The topological polar surface area (TPSA) is 43.6 Å². The molecule has 1 aliphatic rings. The molecule has 0 bridgehead atoms. The van der Waals surface area contributed by atoms with Crippen molar-refractivity contribution in [3.05, 3.63) is 35.8 Å². The third kappa shape index (κ3) is 1.34. The minimum absolute atomic E-state index is 0.264. The fraction of sp³-hybridized carbons (Fsp3) is 0.333. The number of carbonyl (C=O) groups is 1. The Morgan fingerprint density at radius 1 is 1.50 bits per heavy atom. The summed E-state index contributed by atoms with van der Waals surface area (Å²) in [7, 11) is 0. The molecule has 82 valence electrons. The van der Waals surface area contributed by atoms with Crippen molar-refractivity contribution >= 4 is 11.9 Å². The molecule has 4 heteroatoms. The molecule has 4 nitrogen and oxygen atoms in total.